The van der Waals surface area contributed by atoms with E-state index in [1.165, 1.54) is 35.9 Å². The Labute approximate surface area is 310 Å². The number of rotatable bonds is 5. The summed E-state index contributed by atoms with van der Waals surface area (Å²) in [5.41, 5.74) is 3.11. The third-order valence-electron chi connectivity index (χ3n) is 7.29. The van der Waals surface area contributed by atoms with Gasteiger partial charge in [0.2, 0.25) is 5.71 Å². The number of pyridine rings is 3. The average Bonchev–Trinajstić information content (AvgIpc) is 3.55. The summed E-state index contributed by atoms with van der Waals surface area (Å²) in [4.78, 5) is 13.0. The topological polar surface area (TPSA) is 51.8 Å². The summed E-state index contributed by atoms with van der Waals surface area (Å²) in [6, 6.07) is 30.3. The molecule has 0 N–H and O–H groups in total. The van der Waals surface area contributed by atoms with Crippen LogP contribution in [0.3, 0.4) is 0 Å². The Morgan fingerprint density at radius 2 is 1.62 bits per heavy atom. The van der Waals surface area contributed by atoms with Gasteiger partial charge < -0.3 is 14.4 Å². The van der Waals surface area contributed by atoms with Gasteiger partial charge in [-0.3, -0.25) is 0 Å². The van der Waals surface area contributed by atoms with E-state index in [4.69, 9.17) is 22.2 Å². The van der Waals surface area contributed by atoms with Crippen LogP contribution in [0.1, 0.15) is 72.1 Å². The molecule has 4 nitrogen and oxygen atoms in total. The van der Waals surface area contributed by atoms with E-state index >= 15 is 0 Å². The molecule has 0 saturated carbocycles. The maximum Gasteiger partial charge on any atom is 0.216 e. The molecule has 5 heteroatoms. The van der Waals surface area contributed by atoms with Gasteiger partial charge in [-0.1, -0.05) is 92.7 Å². The minimum Gasteiger partial charge on any atom is -0.486 e. The van der Waals surface area contributed by atoms with E-state index in [-0.39, 0.29) is 70.5 Å². The van der Waals surface area contributed by atoms with E-state index < -0.39 is 33.3 Å². The zero-order valence-electron chi connectivity index (χ0n) is 38.9. The molecule has 7 rings (SSSR count). The van der Waals surface area contributed by atoms with Gasteiger partial charge in [-0.25, -0.2) is 4.98 Å². The van der Waals surface area contributed by atoms with E-state index in [2.05, 4.69) is 47.9 Å². The Balaban J connectivity index is 0.000000274. The van der Waals surface area contributed by atoms with Crippen LogP contribution in [0.5, 0.6) is 0 Å². The molecule has 7 aromatic rings. The zero-order chi connectivity index (χ0) is 43.3. The van der Waals surface area contributed by atoms with Crippen LogP contribution in [0, 0.1) is 32.7 Å². The Morgan fingerprint density at radius 1 is 0.787 bits per heavy atom. The van der Waals surface area contributed by atoms with Crippen LogP contribution in [0.15, 0.2) is 108 Å². The monoisotopic (exact) mass is 807 g/mol. The molecule has 0 saturated heterocycles. The fraction of sp³-hybridized carbons (Fsp3) is 0.214. The van der Waals surface area contributed by atoms with Crippen molar-refractivity contribution in [1.82, 2.24) is 15.0 Å². The third-order valence-corrected chi connectivity index (χ3v) is 7.29. The van der Waals surface area contributed by atoms with Crippen LogP contribution in [-0.2, 0) is 38.3 Å². The molecule has 239 valence electrons. The average molecular weight is 807 g/mol. The number of nitrogens with zero attached hydrogens (tertiary/aromatic N) is 3. The molecule has 0 aliphatic carbocycles. The molecule has 0 atom stereocenters. The fourth-order valence-corrected chi connectivity index (χ4v) is 4.71. The molecule has 0 bridgehead atoms. The van der Waals surface area contributed by atoms with E-state index in [0.29, 0.717) is 16.3 Å². The van der Waals surface area contributed by atoms with Crippen molar-refractivity contribution >= 4 is 22.1 Å². The molecular formula is C42H39IrN3O-2. The largest absolute Gasteiger partial charge is 0.486 e. The van der Waals surface area contributed by atoms with Crippen LogP contribution >= 0.6 is 0 Å². The van der Waals surface area contributed by atoms with Crippen LogP contribution < -0.4 is 0 Å². The number of benzene rings is 3. The first-order valence-electron chi connectivity index (χ1n) is 21.1. The van der Waals surface area contributed by atoms with Crippen molar-refractivity contribution in [3.05, 3.63) is 149 Å². The number of aromatic nitrogens is 3. The maximum absolute atomic E-state index is 8.62. The van der Waals surface area contributed by atoms with Crippen molar-refractivity contribution in [3.63, 3.8) is 0 Å². The summed E-state index contributed by atoms with van der Waals surface area (Å²) < 4.78 is 109. The first kappa shape index (κ1) is 20.7. The summed E-state index contributed by atoms with van der Waals surface area (Å²) in [6.07, 6.45) is -2.03. The van der Waals surface area contributed by atoms with Gasteiger partial charge in [-0.15, -0.1) is 53.6 Å². The van der Waals surface area contributed by atoms with Crippen molar-refractivity contribution in [1.29, 1.82) is 0 Å². The van der Waals surface area contributed by atoms with Gasteiger partial charge >= 0.3 is 0 Å². The van der Waals surface area contributed by atoms with Crippen LogP contribution in [0.25, 0.3) is 44.6 Å². The van der Waals surface area contributed by atoms with Gasteiger partial charge in [0, 0.05) is 61.4 Å². The van der Waals surface area contributed by atoms with Crippen molar-refractivity contribution in [2.45, 2.75) is 59.5 Å². The van der Waals surface area contributed by atoms with Gasteiger partial charge in [0.05, 0.1) is 5.58 Å². The fourth-order valence-electron chi connectivity index (χ4n) is 4.71. The molecule has 0 amide bonds. The zero-order valence-corrected chi connectivity index (χ0v) is 28.3. The molecule has 0 aliphatic rings. The second-order valence-corrected chi connectivity index (χ2v) is 11.7. The number of fused-ring (bicyclic) bond motifs is 3. The minimum atomic E-state index is -2.71. The minimum absolute atomic E-state index is 0. The molecule has 4 heterocycles. The summed E-state index contributed by atoms with van der Waals surface area (Å²) in [7, 11) is 0. The summed E-state index contributed by atoms with van der Waals surface area (Å²) in [5.74, 6) is 0. The second-order valence-electron chi connectivity index (χ2n) is 11.7. The first-order valence-corrected chi connectivity index (χ1v) is 14.6. The Bertz CT molecular complexity index is 2540. The SMILES string of the molecule is [2H]C([2H])([2H])c1c[c-]c(-c2ccc(C(C)(C)C)cn2)cc1.[2H]C([2H])([2H])c1cnc(-c2[c-]ccc3c2oc2nc(C([2H])([2H])C([2H])([2H])c4ccccc4)ccc23)cc1C([2H])([2H])[2H].[Ir]. The Morgan fingerprint density at radius 3 is 2.32 bits per heavy atom. The van der Waals surface area contributed by atoms with E-state index in [9.17, 15) is 0 Å². The van der Waals surface area contributed by atoms with Gasteiger partial charge in [0.1, 0.15) is 0 Å². The number of aryl methyl sites for hydroxylation is 5. The van der Waals surface area contributed by atoms with Gasteiger partial charge in [-0.05, 0) is 72.1 Å². The maximum atomic E-state index is 8.62. The molecule has 0 fully saturated rings. The summed E-state index contributed by atoms with van der Waals surface area (Å²) in [6.45, 7) is -1.04. The van der Waals surface area contributed by atoms with Crippen LogP contribution in [0.2, 0.25) is 0 Å². The molecule has 3 aromatic carbocycles. The Hall–Kier alpha value is -4.44. The van der Waals surface area contributed by atoms with Gasteiger partial charge in [0.25, 0.3) is 0 Å². The number of hydrogen-bond acceptors (Lipinski definition) is 4. The molecule has 47 heavy (non-hydrogen) atoms. The first-order chi connectivity index (χ1) is 27.3. The summed E-state index contributed by atoms with van der Waals surface area (Å²) >= 11 is 0. The normalized spacial score (nSPS) is 16.7. The molecule has 4 aromatic heterocycles. The molecule has 0 spiro atoms. The van der Waals surface area contributed by atoms with Gasteiger partial charge in [-0.2, -0.15) is 0 Å². The van der Waals surface area contributed by atoms with E-state index in [0.717, 1.165) is 17.5 Å². The standard InChI is InChI=1S/C26H21N2O.C16H18N.Ir/c1-17-15-24(27-16-18(17)2)23-10-6-9-21-22-14-13-20(28-26(22)29-25(21)23)12-11-19-7-4-3-5-8-19;1-12-5-7-13(8-6-12)15-10-9-14(11-17-15)16(2,3)4;/h3-9,13-16H,11-12H2,1-2H3;5-7,9-11H,1-4H3;/q2*-1;/i1D3,2D3,11D2,12D2;1D3;. The van der Waals surface area contributed by atoms with Crippen molar-refractivity contribution in [3.8, 4) is 22.5 Å². The predicted molar refractivity (Wildman–Crippen MR) is 189 cm³/mol. The molecule has 0 unspecified atom stereocenters. The van der Waals surface area contributed by atoms with E-state index in [1.54, 1.807) is 48.5 Å². The number of furan rings is 1. The Kier molecular flexibility index (Phi) is 6.41. The third kappa shape index (κ3) is 7.93. The van der Waals surface area contributed by atoms with Crippen LogP contribution in [-0.4, -0.2) is 15.0 Å². The molecule has 0 aliphatic heterocycles. The van der Waals surface area contributed by atoms with Gasteiger partial charge in [0.15, 0.2) is 0 Å². The quantitative estimate of drug-likeness (QED) is 0.163. The van der Waals surface area contributed by atoms with Crippen molar-refractivity contribution < 1.29 is 42.3 Å². The summed E-state index contributed by atoms with van der Waals surface area (Å²) in [5, 5.41) is 1.09. The second kappa shape index (κ2) is 14.5. The van der Waals surface area contributed by atoms with Crippen molar-refractivity contribution in [2.75, 3.05) is 0 Å². The van der Waals surface area contributed by atoms with Crippen LogP contribution in [0.4, 0.5) is 0 Å². The smallest absolute Gasteiger partial charge is 0.216 e. The predicted octanol–water partition coefficient (Wildman–Crippen LogP) is 10.4. The number of hydrogen-bond donors (Lipinski definition) is 0. The van der Waals surface area contributed by atoms with Crippen molar-refractivity contribution in [2.24, 2.45) is 0 Å². The molecule has 1 radical (unpaired) electrons. The van der Waals surface area contributed by atoms with E-state index in [1.807, 2.05) is 18.3 Å². The molecular weight excluding hydrogens is 755 g/mol.